The van der Waals surface area contributed by atoms with Gasteiger partial charge in [-0.3, -0.25) is 4.79 Å². The Labute approximate surface area is 197 Å². The van der Waals surface area contributed by atoms with E-state index in [1.165, 1.54) is 65.8 Å². The Balaban J connectivity index is 1.54. The van der Waals surface area contributed by atoms with Gasteiger partial charge in [0.05, 0.1) is 0 Å². The zero-order valence-corrected chi connectivity index (χ0v) is 20.4. The van der Waals surface area contributed by atoms with Gasteiger partial charge in [-0.1, -0.05) is 76.6 Å². The summed E-state index contributed by atoms with van der Waals surface area (Å²) >= 11 is 1.80. The Bertz CT molecular complexity index is 938. The molecule has 0 N–H and O–H groups in total. The molecule has 0 unspecified atom stereocenters. The summed E-state index contributed by atoms with van der Waals surface area (Å²) in [6, 6.07) is 21.3. The van der Waals surface area contributed by atoms with Gasteiger partial charge in [-0.15, -0.1) is 11.3 Å². The van der Waals surface area contributed by atoms with E-state index in [-0.39, 0.29) is 5.97 Å². The molecule has 0 fully saturated rings. The summed E-state index contributed by atoms with van der Waals surface area (Å²) in [5, 5.41) is 0. The number of rotatable bonds is 13. The highest BCUT2D eigenvalue weighted by atomic mass is 32.1. The molecule has 2 nitrogen and oxygen atoms in total. The molecule has 0 aliphatic carbocycles. The Morgan fingerprint density at radius 3 is 1.84 bits per heavy atom. The third-order valence-corrected chi connectivity index (χ3v) is 6.95. The summed E-state index contributed by atoms with van der Waals surface area (Å²) < 4.78 is 5.48. The Kier molecular flexibility index (Phi) is 10.0. The molecule has 0 saturated heterocycles. The second-order valence-corrected chi connectivity index (χ2v) is 9.56. The lowest BCUT2D eigenvalue weighted by Gasteiger charge is -2.05. The number of carbonyl (C=O) groups excluding carboxylic acids is 1. The highest BCUT2D eigenvalue weighted by molar-refractivity contribution is 7.18. The third-order valence-electron chi connectivity index (χ3n) is 5.77. The van der Waals surface area contributed by atoms with E-state index >= 15 is 0 Å². The first kappa shape index (κ1) is 24.3. The standard InChI is InChI=1S/C29H36O2S/c1-3-5-7-9-11-23-13-15-24(16-14-23)27-21-22-28(32-27)25-17-19-26(20-18-25)31-29(30)12-10-8-6-4-2/h13-22H,3-12H2,1-2H3. The van der Waals surface area contributed by atoms with Crippen molar-refractivity contribution < 1.29 is 9.53 Å². The monoisotopic (exact) mass is 448 g/mol. The van der Waals surface area contributed by atoms with Gasteiger partial charge in [0.25, 0.3) is 0 Å². The van der Waals surface area contributed by atoms with Gasteiger partial charge < -0.3 is 4.74 Å². The van der Waals surface area contributed by atoms with Gasteiger partial charge in [0, 0.05) is 16.2 Å². The number of hydrogen-bond acceptors (Lipinski definition) is 3. The van der Waals surface area contributed by atoms with E-state index < -0.39 is 0 Å². The zero-order chi connectivity index (χ0) is 22.6. The number of thiophene rings is 1. The van der Waals surface area contributed by atoms with E-state index in [1.54, 1.807) is 11.3 Å². The molecule has 1 heterocycles. The molecule has 1 aromatic heterocycles. The van der Waals surface area contributed by atoms with Crippen LogP contribution in [0.1, 0.15) is 77.2 Å². The van der Waals surface area contributed by atoms with Crippen molar-refractivity contribution >= 4 is 17.3 Å². The van der Waals surface area contributed by atoms with E-state index in [1.807, 2.05) is 24.3 Å². The SMILES string of the molecule is CCCCCCC(=O)Oc1ccc(-c2ccc(-c3ccc(CCCCCC)cc3)s2)cc1. The summed E-state index contributed by atoms with van der Waals surface area (Å²) in [5.41, 5.74) is 3.85. The van der Waals surface area contributed by atoms with Gasteiger partial charge in [0.1, 0.15) is 5.75 Å². The minimum Gasteiger partial charge on any atom is -0.427 e. The molecule has 0 aliphatic heterocycles. The Morgan fingerprint density at radius 2 is 1.25 bits per heavy atom. The van der Waals surface area contributed by atoms with Crippen LogP contribution in [0, 0.1) is 0 Å². The fraction of sp³-hybridized carbons (Fsp3) is 0.414. The van der Waals surface area contributed by atoms with Gasteiger partial charge >= 0.3 is 5.97 Å². The molecule has 2 aromatic carbocycles. The maximum Gasteiger partial charge on any atom is 0.311 e. The van der Waals surface area contributed by atoms with Crippen LogP contribution in [-0.4, -0.2) is 5.97 Å². The zero-order valence-electron chi connectivity index (χ0n) is 19.6. The summed E-state index contributed by atoms with van der Waals surface area (Å²) in [6.45, 7) is 4.42. The van der Waals surface area contributed by atoms with Crippen molar-refractivity contribution in [3.05, 3.63) is 66.2 Å². The Morgan fingerprint density at radius 1 is 0.688 bits per heavy atom. The van der Waals surface area contributed by atoms with E-state index in [0.29, 0.717) is 12.2 Å². The number of unbranched alkanes of at least 4 members (excludes halogenated alkanes) is 6. The number of aryl methyl sites for hydroxylation is 1. The number of benzene rings is 2. The molecule has 0 atom stereocenters. The molecule has 0 bridgehead atoms. The number of esters is 1. The molecule has 170 valence electrons. The van der Waals surface area contributed by atoms with E-state index in [9.17, 15) is 4.79 Å². The molecule has 0 saturated carbocycles. The smallest absolute Gasteiger partial charge is 0.311 e. The van der Waals surface area contributed by atoms with Crippen molar-refractivity contribution in [3.8, 4) is 26.6 Å². The molecule has 3 heteroatoms. The molecule has 3 aromatic rings. The summed E-state index contributed by atoms with van der Waals surface area (Å²) in [6.07, 6.45) is 11.2. The number of ether oxygens (including phenoxy) is 1. The van der Waals surface area contributed by atoms with Gasteiger partial charge in [-0.25, -0.2) is 0 Å². The topological polar surface area (TPSA) is 26.3 Å². The van der Waals surface area contributed by atoms with E-state index in [2.05, 4.69) is 50.2 Å². The minimum absolute atomic E-state index is 0.138. The molecule has 0 amide bonds. The normalized spacial score (nSPS) is 10.9. The fourth-order valence-corrected chi connectivity index (χ4v) is 4.82. The van der Waals surface area contributed by atoms with Crippen molar-refractivity contribution in [2.75, 3.05) is 0 Å². The van der Waals surface area contributed by atoms with E-state index in [4.69, 9.17) is 4.74 Å². The second-order valence-electron chi connectivity index (χ2n) is 8.48. The van der Waals surface area contributed by atoms with Crippen LogP contribution in [0.15, 0.2) is 60.7 Å². The maximum atomic E-state index is 12.0. The van der Waals surface area contributed by atoms with Crippen molar-refractivity contribution in [1.29, 1.82) is 0 Å². The van der Waals surface area contributed by atoms with Crippen LogP contribution in [-0.2, 0) is 11.2 Å². The minimum atomic E-state index is -0.138. The van der Waals surface area contributed by atoms with Crippen LogP contribution in [0.2, 0.25) is 0 Å². The third kappa shape index (κ3) is 7.63. The lowest BCUT2D eigenvalue weighted by atomic mass is 10.0. The van der Waals surface area contributed by atoms with Crippen molar-refractivity contribution in [3.63, 3.8) is 0 Å². The van der Waals surface area contributed by atoms with Crippen LogP contribution in [0.5, 0.6) is 5.75 Å². The molecule has 0 aliphatic rings. The summed E-state index contributed by atoms with van der Waals surface area (Å²) in [4.78, 5) is 14.5. The molecule has 3 rings (SSSR count). The predicted molar refractivity (Wildman–Crippen MR) is 137 cm³/mol. The molecule has 32 heavy (non-hydrogen) atoms. The highest BCUT2D eigenvalue weighted by Gasteiger charge is 2.08. The van der Waals surface area contributed by atoms with Crippen molar-refractivity contribution in [2.45, 2.75) is 78.1 Å². The van der Waals surface area contributed by atoms with Crippen molar-refractivity contribution in [2.24, 2.45) is 0 Å². The van der Waals surface area contributed by atoms with Gasteiger partial charge in [0.2, 0.25) is 0 Å². The molecular formula is C29H36O2S. The first-order chi connectivity index (χ1) is 15.7. The average molecular weight is 449 g/mol. The first-order valence-corrected chi connectivity index (χ1v) is 13.0. The lowest BCUT2D eigenvalue weighted by Crippen LogP contribution is -2.07. The Hall–Kier alpha value is -2.39. The van der Waals surface area contributed by atoms with Gasteiger partial charge in [0.15, 0.2) is 0 Å². The first-order valence-electron chi connectivity index (χ1n) is 12.2. The van der Waals surface area contributed by atoms with Crippen LogP contribution >= 0.6 is 11.3 Å². The van der Waals surface area contributed by atoms with Crippen LogP contribution in [0.3, 0.4) is 0 Å². The van der Waals surface area contributed by atoms with E-state index in [0.717, 1.165) is 18.4 Å². The van der Waals surface area contributed by atoms with Gasteiger partial charge in [-0.2, -0.15) is 0 Å². The summed E-state index contributed by atoms with van der Waals surface area (Å²) in [5.74, 6) is 0.488. The second kappa shape index (κ2) is 13.2. The molecule has 0 radical (unpaired) electrons. The average Bonchev–Trinajstić information content (AvgIpc) is 3.31. The number of hydrogen-bond donors (Lipinski definition) is 0. The largest absolute Gasteiger partial charge is 0.427 e. The lowest BCUT2D eigenvalue weighted by molar-refractivity contribution is -0.134. The molecule has 0 spiro atoms. The van der Waals surface area contributed by atoms with Crippen LogP contribution in [0.4, 0.5) is 0 Å². The quantitative estimate of drug-likeness (QED) is 0.148. The van der Waals surface area contributed by atoms with Crippen LogP contribution < -0.4 is 4.74 Å². The van der Waals surface area contributed by atoms with Crippen LogP contribution in [0.25, 0.3) is 20.9 Å². The fourth-order valence-electron chi connectivity index (χ4n) is 3.81. The highest BCUT2D eigenvalue weighted by Crippen LogP contribution is 2.35. The summed E-state index contributed by atoms with van der Waals surface area (Å²) in [7, 11) is 0. The van der Waals surface area contributed by atoms with Crippen molar-refractivity contribution in [1.82, 2.24) is 0 Å². The molecular weight excluding hydrogens is 412 g/mol. The predicted octanol–water partition coefficient (Wildman–Crippen LogP) is 9.08. The number of carbonyl (C=O) groups is 1. The maximum absolute atomic E-state index is 12.0. The van der Waals surface area contributed by atoms with Gasteiger partial charge in [-0.05, 0) is 72.4 Å².